The number of aromatic carboxylic acids is 1. The number of nitriles is 1. The highest BCUT2D eigenvalue weighted by Gasteiger charge is 2.26. The lowest BCUT2D eigenvalue weighted by molar-refractivity contribution is -0.0592. The van der Waals surface area contributed by atoms with E-state index in [9.17, 15) is 14.3 Å². The highest BCUT2D eigenvalue weighted by atomic mass is 19.1. The van der Waals surface area contributed by atoms with Crippen LogP contribution in [0.4, 0.5) is 4.39 Å². The average Bonchev–Trinajstić information content (AvgIpc) is 3.30. The minimum atomic E-state index is -2.48. The van der Waals surface area contributed by atoms with Crippen LogP contribution in [0.15, 0.2) is 54.6 Å². The molecule has 6 rings (SSSR count). The molecule has 2 aromatic carbocycles. The van der Waals surface area contributed by atoms with Gasteiger partial charge in [0.1, 0.15) is 18.2 Å². The van der Waals surface area contributed by atoms with Gasteiger partial charge in [-0.05, 0) is 68.8 Å². The van der Waals surface area contributed by atoms with E-state index in [1.165, 1.54) is 12.1 Å². The molecule has 210 valence electrons. The third-order valence-electron chi connectivity index (χ3n) is 7.73. The molecular formula is C31H30FN5O4. The van der Waals surface area contributed by atoms with E-state index in [1.807, 2.05) is 12.1 Å². The maximum Gasteiger partial charge on any atom is 0.335 e. The summed E-state index contributed by atoms with van der Waals surface area (Å²) in [4.78, 5) is 23.3. The van der Waals surface area contributed by atoms with E-state index in [2.05, 4.69) is 14.5 Å². The van der Waals surface area contributed by atoms with Crippen molar-refractivity contribution in [2.24, 2.45) is 0 Å². The molecule has 0 saturated carbocycles. The number of likely N-dealkylation sites (tertiary alicyclic amines) is 1. The number of pyridine rings is 1. The molecule has 4 aromatic rings. The Labute approximate surface area is 239 Å². The van der Waals surface area contributed by atoms with Crippen molar-refractivity contribution in [2.45, 2.75) is 50.9 Å². The van der Waals surface area contributed by atoms with E-state index < -0.39 is 18.3 Å². The van der Waals surface area contributed by atoms with Gasteiger partial charge in [-0.15, -0.1) is 0 Å². The summed E-state index contributed by atoms with van der Waals surface area (Å²) in [6.07, 6.45) is 2.70. The fourth-order valence-corrected chi connectivity index (χ4v) is 5.34. The summed E-state index contributed by atoms with van der Waals surface area (Å²) < 4.78 is 44.4. The van der Waals surface area contributed by atoms with Crippen molar-refractivity contribution in [2.75, 3.05) is 19.7 Å². The first-order valence-electron chi connectivity index (χ1n) is 14.6. The van der Waals surface area contributed by atoms with E-state index in [-0.39, 0.29) is 34.6 Å². The molecule has 2 saturated heterocycles. The number of benzene rings is 2. The minimum absolute atomic E-state index is 0.0568. The Morgan fingerprint density at radius 2 is 2.00 bits per heavy atom. The molecule has 2 aromatic heterocycles. The molecule has 1 atom stereocenters. The summed E-state index contributed by atoms with van der Waals surface area (Å²) in [5.41, 5.74) is 2.35. The Morgan fingerprint density at radius 3 is 2.71 bits per heavy atom. The number of hydrogen-bond acceptors (Lipinski definition) is 7. The average molecular weight is 558 g/mol. The van der Waals surface area contributed by atoms with Crippen molar-refractivity contribution in [3.05, 3.63) is 88.6 Å². The van der Waals surface area contributed by atoms with Crippen molar-refractivity contribution in [3.63, 3.8) is 0 Å². The molecule has 2 aliphatic rings. The van der Waals surface area contributed by atoms with Crippen LogP contribution in [0.1, 0.15) is 60.9 Å². The van der Waals surface area contributed by atoms with Gasteiger partial charge in [0, 0.05) is 29.8 Å². The van der Waals surface area contributed by atoms with E-state index in [1.54, 1.807) is 30.3 Å². The Balaban J connectivity index is 1.13. The van der Waals surface area contributed by atoms with Gasteiger partial charge in [0.05, 0.1) is 50.2 Å². The van der Waals surface area contributed by atoms with Crippen LogP contribution in [0.25, 0.3) is 11.0 Å². The molecule has 10 heteroatoms. The maximum atomic E-state index is 14.5. The number of carboxylic acid groups (broad SMARTS) is 1. The molecular weight excluding hydrogens is 525 g/mol. The molecule has 1 N–H and O–H groups in total. The minimum Gasteiger partial charge on any atom is -0.478 e. The summed E-state index contributed by atoms with van der Waals surface area (Å²) in [6, 6.07) is 15.6. The Hall–Kier alpha value is -4.33. The van der Waals surface area contributed by atoms with Crippen molar-refractivity contribution < 1.29 is 26.5 Å². The number of imidazole rings is 1. The van der Waals surface area contributed by atoms with Crippen LogP contribution in [-0.2, 0) is 24.4 Å². The highest BCUT2D eigenvalue weighted by Crippen LogP contribution is 2.30. The van der Waals surface area contributed by atoms with Crippen LogP contribution >= 0.6 is 0 Å². The van der Waals surface area contributed by atoms with Crippen molar-refractivity contribution in [1.29, 1.82) is 5.26 Å². The van der Waals surface area contributed by atoms with Crippen LogP contribution in [-0.4, -0.2) is 56.3 Å². The van der Waals surface area contributed by atoms with Gasteiger partial charge < -0.3 is 19.1 Å². The topological polar surface area (TPSA) is 114 Å². The van der Waals surface area contributed by atoms with E-state index >= 15 is 0 Å². The third kappa shape index (κ3) is 5.92. The van der Waals surface area contributed by atoms with Crippen molar-refractivity contribution in [3.8, 4) is 11.9 Å². The fourth-order valence-electron chi connectivity index (χ4n) is 5.34. The standard InChI is InChI=1S/C31H30FN5O4/c32-25-14-20(16-33)4-5-23(25)19-41-30-3-1-2-26(35-30)21-8-11-36(12-9-21)18-29-34-27-7-6-22(31(38)39)15-28(27)37(29)17-24-10-13-40-24/h1-7,14-15,21,24H,8-13,17-19H2,(H,38,39)/t24-/m0/s1/i19D2. The number of halogens is 1. The summed E-state index contributed by atoms with van der Waals surface area (Å²) in [5, 5.41) is 18.5. The Kier molecular flexibility index (Phi) is 6.95. The van der Waals surface area contributed by atoms with E-state index in [0.29, 0.717) is 13.1 Å². The number of carbonyl (C=O) groups is 1. The second-order valence-corrected chi connectivity index (χ2v) is 10.4. The first-order valence-corrected chi connectivity index (χ1v) is 13.6. The van der Waals surface area contributed by atoms with Crippen LogP contribution in [0.3, 0.4) is 0 Å². The molecule has 9 nitrogen and oxygen atoms in total. The number of piperidine rings is 1. The van der Waals surface area contributed by atoms with E-state index in [4.69, 9.17) is 22.5 Å². The number of ether oxygens (including phenoxy) is 2. The molecule has 0 spiro atoms. The monoisotopic (exact) mass is 557 g/mol. The first-order chi connectivity index (χ1) is 20.7. The smallest absolute Gasteiger partial charge is 0.335 e. The lowest BCUT2D eigenvalue weighted by Gasteiger charge is -2.32. The number of fused-ring (bicyclic) bond motifs is 1. The van der Waals surface area contributed by atoms with Crippen LogP contribution in [0.2, 0.25) is 0 Å². The Morgan fingerprint density at radius 1 is 1.17 bits per heavy atom. The van der Waals surface area contributed by atoms with Crippen LogP contribution in [0, 0.1) is 17.1 Å². The predicted molar refractivity (Wildman–Crippen MR) is 148 cm³/mol. The van der Waals surface area contributed by atoms with E-state index in [0.717, 1.165) is 67.6 Å². The van der Waals surface area contributed by atoms with Gasteiger partial charge in [0.25, 0.3) is 0 Å². The van der Waals surface area contributed by atoms with Gasteiger partial charge in [-0.3, -0.25) is 4.90 Å². The Bertz CT molecular complexity index is 1710. The molecule has 0 bridgehead atoms. The number of rotatable bonds is 9. The second-order valence-electron chi connectivity index (χ2n) is 10.4. The number of aromatic nitrogens is 3. The number of hydrogen-bond donors (Lipinski definition) is 1. The fraction of sp³-hybridized carbons (Fsp3) is 0.355. The van der Waals surface area contributed by atoms with Gasteiger partial charge in [-0.2, -0.15) is 5.26 Å². The van der Waals surface area contributed by atoms with Crippen molar-refractivity contribution in [1.82, 2.24) is 19.4 Å². The molecule has 0 aliphatic carbocycles. The predicted octanol–water partition coefficient (Wildman–Crippen LogP) is 4.89. The van der Waals surface area contributed by atoms with Gasteiger partial charge in [0.2, 0.25) is 5.88 Å². The van der Waals surface area contributed by atoms with Gasteiger partial charge in [-0.25, -0.2) is 19.2 Å². The lowest BCUT2D eigenvalue weighted by Crippen LogP contribution is -2.35. The zero-order chi connectivity index (χ0) is 30.1. The zero-order valence-corrected chi connectivity index (χ0v) is 22.3. The van der Waals surface area contributed by atoms with Crippen molar-refractivity contribution >= 4 is 17.0 Å². The molecule has 4 heterocycles. The number of nitrogens with zero attached hydrogens (tertiary/aromatic N) is 5. The van der Waals surface area contributed by atoms with Crippen LogP contribution in [0.5, 0.6) is 5.88 Å². The van der Waals surface area contributed by atoms with Crippen LogP contribution < -0.4 is 4.74 Å². The molecule has 0 radical (unpaired) electrons. The molecule has 41 heavy (non-hydrogen) atoms. The quantitative estimate of drug-likeness (QED) is 0.310. The third-order valence-corrected chi connectivity index (χ3v) is 7.73. The molecule has 0 unspecified atom stereocenters. The summed E-state index contributed by atoms with van der Waals surface area (Å²) >= 11 is 0. The zero-order valence-electron chi connectivity index (χ0n) is 24.3. The van der Waals surface area contributed by atoms with Gasteiger partial charge in [0.15, 0.2) is 0 Å². The lowest BCUT2D eigenvalue weighted by atomic mass is 9.93. The van der Waals surface area contributed by atoms with Gasteiger partial charge >= 0.3 is 5.97 Å². The normalized spacial score (nSPS) is 18.8. The summed E-state index contributed by atoms with van der Waals surface area (Å²) in [5.74, 6) is -0.765. The highest BCUT2D eigenvalue weighted by molar-refractivity contribution is 5.92. The summed E-state index contributed by atoms with van der Waals surface area (Å²) in [6.45, 7) is 1.08. The second kappa shape index (κ2) is 11.6. The largest absolute Gasteiger partial charge is 0.478 e. The maximum absolute atomic E-state index is 14.5. The summed E-state index contributed by atoms with van der Waals surface area (Å²) in [7, 11) is 0. The van der Waals surface area contributed by atoms with Gasteiger partial charge in [-0.1, -0.05) is 12.1 Å². The SMILES string of the molecule is [2H]C([2H])(Oc1cccc(C2CCN(Cc3nc4ccc(C(=O)O)cc4n3C[C@@H]3CCO3)CC2)n1)c1ccc(C#N)cc1F. The molecule has 2 fully saturated rings. The molecule has 0 amide bonds. The first kappa shape index (κ1) is 24.5. The number of carboxylic acids is 1. The molecule has 2 aliphatic heterocycles.